The van der Waals surface area contributed by atoms with Gasteiger partial charge in [0.25, 0.3) is 0 Å². The highest BCUT2D eigenvalue weighted by atomic mass is 16.5. The van der Waals surface area contributed by atoms with E-state index in [4.69, 9.17) is 14.2 Å². The lowest BCUT2D eigenvalue weighted by Crippen LogP contribution is -2.43. The minimum absolute atomic E-state index is 0.205. The lowest BCUT2D eigenvalue weighted by molar-refractivity contribution is 0.193. The summed E-state index contributed by atoms with van der Waals surface area (Å²) in [5.41, 5.74) is 6.05. The molecule has 0 unspecified atom stereocenters. The van der Waals surface area contributed by atoms with Gasteiger partial charge in [-0.25, -0.2) is 4.79 Å². The van der Waals surface area contributed by atoms with Gasteiger partial charge in [-0.1, -0.05) is 29.8 Å². The average Bonchev–Trinajstić information content (AvgIpc) is 3.26. The number of aromatic amines is 1. The first-order valence-corrected chi connectivity index (χ1v) is 11.6. The molecule has 1 aliphatic rings. The van der Waals surface area contributed by atoms with E-state index >= 15 is 0 Å². The van der Waals surface area contributed by atoms with Crippen LogP contribution in [0, 0.1) is 6.92 Å². The minimum Gasteiger partial charge on any atom is -0.497 e. The normalized spacial score (nSPS) is 15.0. The Morgan fingerprint density at radius 2 is 1.66 bits per heavy atom. The Morgan fingerprint density at radius 3 is 2.37 bits per heavy atom. The van der Waals surface area contributed by atoms with Crippen molar-refractivity contribution in [2.24, 2.45) is 0 Å². The summed E-state index contributed by atoms with van der Waals surface area (Å²) < 4.78 is 16.3. The molecule has 1 aliphatic heterocycles. The van der Waals surface area contributed by atoms with Crippen molar-refractivity contribution >= 4 is 22.6 Å². The Hall–Kier alpha value is -4.13. The van der Waals surface area contributed by atoms with E-state index in [2.05, 4.69) is 47.6 Å². The molecular weight excluding hydrogens is 442 g/mol. The van der Waals surface area contributed by atoms with Crippen LogP contribution in [0.3, 0.4) is 0 Å². The number of amides is 2. The monoisotopic (exact) mass is 471 g/mol. The van der Waals surface area contributed by atoms with E-state index in [9.17, 15) is 4.79 Å². The SMILES string of the molecule is COc1ccc(OC)c(NC(=O)N2CCc3c([nH]c4ccc(OC)cc34)[C@@H]2c2ccc(C)cc2)c1. The third-order valence-electron chi connectivity index (χ3n) is 6.64. The fraction of sp³-hybridized carbons (Fsp3) is 0.250. The van der Waals surface area contributed by atoms with Crippen LogP contribution in [0.5, 0.6) is 17.2 Å². The number of aryl methyl sites for hydroxylation is 1. The number of carbonyl (C=O) groups is 1. The fourth-order valence-corrected chi connectivity index (χ4v) is 4.81. The number of benzene rings is 3. The van der Waals surface area contributed by atoms with Crippen molar-refractivity contribution in [1.82, 2.24) is 9.88 Å². The zero-order valence-electron chi connectivity index (χ0n) is 20.3. The molecule has 0 radical (unpaired) electrons. The van der Waals surface area contributed by atoms with Gasteiger partial charge in [0.15, 0.2) is 0 Å². The van der Waals surface area contributed by atoms with E-state index in [-0.39, 0.29) is 12.1 Å². The highest BCUT2D eigenvalue weighted by Crippen LogP contribution is 2.40. The summed E-state index contributed by atoms with van der Waals surface area (Å²) in [6.45, 7) is 2.62. The zero-order chi connectivity index (χ0) is 24.5. The second kappa shape index (κ2) is 9.25. The van der Waals surface area contributed by atoms with E-state index in [0.717, 1.165) is 34.3 Å². The number of H-pyrrole nitrogens is 1. The number of methoxy groups -OCH3 is 3. The van der Waals surface area contributed by atoms with Crippen LogP contribution >= 0.6 is 0 Å². The number of nitrogens with zero attached hydrogens (tertiary/aromatic N) is 1. The van der Waals surface area contributed by atoms with Crippen molar-refractivity contribution in [3.63, 3.8) is 0 Å². The van der Waals surface area contributed by atoms with Crippen LogP contribution in [0.1, 0.15) is 28.4 Å². The highest BCUT2D eigenvalue weighted by molar-refractivity contribution is 5.93. The van der Waals surface area contributed by atoms with Gasteiger partial charge >= 0.3 is 6.03 Å². The van der Waals surface area contributed by atoms with Crippen LogP contribution in [0.2, 0.25) is 0 Å². The molecule has 2 heterocycles. The number of rotatable bonds is 5. The molecule has 3 aromatic carbocycles. The second-order valence-corrected chi connectivity index (χ2v) is 8.68. The van der Waals surface area contributed by atoms with E-state index in [1.54, 1.807) is 39.5 Å². The zero-order valence-corrected chi connectivity index (χ0v) is 20.3. The molecule has 0 saturated heterocycles. The average molecular weight is 472 g/mol. The first-order valence-electron chi connectivity index (χ1n) is 11.6. The third-order valence-corrected chi connectivity index (χ3v) is 6.64. The quantitative estimate of drug-likeness (QED) is 0.393. The summed E-state index contributed by atoms with van der Waals surface area (Å²) in [5, 5.41) is 4.18. The molecule has 1 aromatic heterocycles. The number of hydrogen-bond acceptors (Lipinski definition) is 4. The van der Waals surface area contributed by atoms with Crippen LogP contribution in [-0.4, -0.2) is 43.8 Å². The Labute approximate surface area is 204 Å². The number of anilines is 1. The Morgan fingerprint density at radius 1 is 0.943 bits per heavy atom. The number of fused-ring (bicyclic) bond motifs is 3. The molecule has 0 saturated carbocycles. The molecule has 2 amide bonds. The third kappa shape index (κ3) is 4.14. The topological polar surface area (TPSA) is 75.8 Å². The lowest BCUT2D eigenvalue weighted by Gasteiger charge is -2.36. The Balaban J connectivity index is 1.57. The summed E-state index contributed by atoms with van der Waals surface area (Å²) in [4.78, 5) is 19.2. The van der Waals surface area contributed by atoms with Crippen molar-refractivity contribution in [2.45, 2.75) is 19.4 Å². The maximum atomic E-state index is 13.7. The van der Waals surface area contributed by atoms with Crippen molar-refractivity contribution < 1.29 is 19.0 Å². The van der Waals surface area contributed by atoms with Gasteiger partial charge < -0.3 is 29.4 Å². The van der Waals surface area contributed by atoms with Crippen LogP contribution in [-0.2, 0) is 6.42 Å². The van der Waals surface area contributed by atoms with Gasteiger partial charge in [-0.3, -0.25) is 0 Å². The van der Waals surface area contributed by atoms with Gasteiger partial charge in [-0.15, -0.1) is 0 Å². The molecule has 0 aliphatic carbocycles. The molecule has 180 valence electrons. The Kier molecular flexibility index (Phi) is 5.99. The first kappa shape index (κ1) is 22.7. The number of hydrogen-bond donors (Lipinski definition) is 2. The van der Waals surface area contributed by atoms with Crippen LogP contribution < -0.4 is 19.5 Å². The summed E-state index contributed by atoms with van der Waals surface area (Å²) in [6.07, 6.45) is 0.730. The predicted octanol–water partition coefficient (Wildman–Crippen LogP) is 5.68. The number of aromatic nitrogens is 1. The molecular formula is C28H29N3O4. The molecule has 0 spiro atoms. The van der Waals surface area contributed by atoms with Crippen molar-refractivity contribution in [3.8, 4) is 17.2 Å². The molecule has 7 heteroatoms. The van der Waals surface area contributed by atoms with Gasteiger partial charge in [0.1, 0.15) is 17.2 Å². The fourth-order valence-electron chi connectivity index (χ4n) is 4.81. The summed E-state index contributed by atoms with van der Waals surface area (Å²) in [6, 6.07) is 19.3. The molecule has 7 nitrogen and oxygen atoms in total. The number of urea groups is 1. The molecule has 2 N–H and O–H groups in total. The smallest absolute Gasteiger partial charge is 0.322 e. The molecule has 5 rings (SSSR count). The van der Waals surface area contributed by atoms with Gasteiger partial charge in [-0.2, -0.15) is 0 Å². The first-order chi connectivity index (χ1) is 17.0. The highest BCUT2D eigenvalue weighted by Gasteiger charge is 2.35. The number of carbonyl (C=O) groups excluding carboxylic acids is 1. The second-order valence-electron chi connectivity index (χ2n) is 8.68. The largest absolute Gasteiger partial charge is 0.497 e. The van der Waals surface area contributed by atoms with E-state index < -0.39 is 0 Å². The standard InChI is InChI=1S/C28H29N3O4/c1-17-5-7-18(8-6-17)27-26-21(22-15-19(33-2)9-11-23(22)29-26)13-14-31(27)28(32)30-24-16-20(34-3)10-12-25(24)35-4/h5-12,15-16,27,29H,13-14H2,1-4H3,(H,30,32)/t27-/m0/s1. The molecule has 35 heavy (non-hydrogen) atoms. The van der Waals surface area contributed by atoms with Gasteiger partial charge in [-0.05, 0) is 54.8 Å². The van der Waals surface area contributed by atoms with Crippen LogP contribution in [0.15, 0.2) is 60.7 Å². The molecule has 0 bridgehead atoms. The minimum atomic E-state index is -0.269. The Bertz CT molecular complexity index is 1380. The van der Waals surface area contributed by atoms with Crippen LogP contribution in [0.25, 0.3) is 10.9 Å². The van der Waals surface area contributed by atoms with E-state index in [1.165, 1.54) is 11.1 Å². The van der Waals surface area contributed by atoms with Gasteiger partial charge in [0.05, 0.1) is 33.1 Å². The van der Waals surface area contributed by atoms with E-state index in [1.807, 2.05) is 17.0 Å². The lowest BCUT2D eigenvalue weighted by atomic mass is 9.92. The van der Waals surface area contributed by atoms with Gasteiger partial charge in [0.2, 0.25) is 0 Å². The van der Waals surface area contributed by atoms with Crippen molar-refractivity contribution in [1.29, 1.82) is 0 Å². The maximum Gasteiger partial charge on any atom is 0.322 e. The molecule has 0 fully saturated rings. The number of ether oxygens (including phenoxy) is 3. The summed E-state index contributed by atoms with van der Waals surface area (Å²) >= 11 is 0. The molecule has 1 atom stereocenters. The number of nitrogens with one attached hydrogen (secondary N) is 2. The molecule has 4 aromatic rings. The maximum absolute atomic E-state index is 13.7. The summed E-state index contributed by atoms with van der Waals surface area (Å²) in [5.74, 6) is 2.03. The van der Waals surface area contributed by atoms with E-state index in [0.29, 0.717) is 23.7 Å². The van der Waals surface area contributed by atoms with Crippen molar-refractivity contribution in [3.05, 3.63) is 83.0 Å². The predicted molar refractivity (Wildman–Crippen MR) is 137 cm³/mol. The van der Waals surface area contributed by atoms with Gasteiger partial charge in [0, 0.05) is 29.2 Å². The van der Waals surface area contributed by atoms with Crippen molar-refractivity contribution in [2.75, 3.05) is 33.2 Å². The summed E-state index contributed by atoms with van der Waals surface area (Å²) in [7, 11) is 4.85. The van der Waals surface area contributed by atoms with Crippen LogP contribution in [0.4, 0.5) is 10.5 Å².